The summed E-state index contributed by atoms with van der Waals surface area (Å²) in [6.07, 6.45) is 20.8. The summed E-state index contributed by atoms with van der Waals surface area (Å²) in [4.78, 5) is 4.51. The second kappa shape index (κ2) is 31.0. The van der Waals surface area contributed by atoms with E-state index >= 15 is 0 Å². The summed E-state index contributed by atoms with van der Waals surface area (Å²) in [6, 6.07) is 0. The molecule has 7 heteroatoms. The number of thiol groups is 2. The van der Waals surface area contributed by atoms with Gasteiger partial charge in [0.05, 0.1) is 0 Å². The van der Waals surface area contributed by atoms with Crippen LogP contribution in [0.25, 0.3) is 0 Å². The summed E-state index contributed by atoms with van der Waals surface area (Å²) in [6.45, 7) is 13.3. The van der Waals surface area contributed by atoms with Gasteiger partial charge in [0.25, 0.3) is 0 Å². The van der Waals surface area contributed by atoms with Crippen molar-refractivity contribution in [3.63, 3.8) is 0 Å². The Morgan fingerprint density at radius 1 is 0.455 bits per heavy atom. The Hall–Kier alpha value is 0.999. The van der Waals surface area contributed by atoms with E-state index in [0.717, 1.165) is 34.8 Å². The molecular formula is C26H56N2S4Se. The SMILES string of the molecule is CCCCCCN(CCCCCC)C(=S)S.CCCCCCN(CCCCCC)C(=S)S.[SeH2]. The first-order valence-corrected chi connectivity index (χ1v) is 15.1. The summed E-state index contributed by atoms with van der Waals surface area (Å²) in [7, 11) is 0. The van der Waals surface area contributed by atoms with Gasteiger partial charge in [-0.05, 0) is 25.7 Å². The Bertz CT molecular complexity index is 363. The summed E-state index contributed by atoms with van der Waals surface area (Å²) in [5.74, 6) is 0. The Kier molecular flexibility index (Phi) is 36.2. The number of unbranched alkanes of at least 4 members (excludes halogenated alkanes) is 12. The van der Waals surface area contributed by atoms with Crippen LogP contribution in [0.5, 0.6) is 0 Å². The Labute approximate surface area is 240 Å². The molecule has 0 aromatic carbocycles. The van der Waals surface area contributed by atoms with E-state index < -0.39 is 0 Å². The fourth-order valence-electron chi connectivity index (χ4n) is 3.52. The molecule has 0 N–H and O–H groups in total. The van der Waals surface area contributed by atoms with Crippen LogP contribution in [-0.2, 0) is 0 Å². The standard InChI is InChI=1S/2C13H27NS2.H2Se/c2*1-3-5-7-9-11-14(13(15)16)12-10-8-6-4-2;/h2*3-12H2,1-2H3,(H,15,16);1H2. The van der Waals surface area contributed by atoms with Crippen molar-refractivity contribution in [2.24, 2.45) is 0 Å². The van der Waals surface area contributed by atoms with Gasteiger partial charge >= 0.3 is 17.1 Å². The zero-order chi connectivity index (χ0) is 24.5. The molecule has 0 amide bonds. The monoisotopic (exact) mass is 604 g/mol. The van der Waals surface area contributed by atoms with Crippen LogP contribution < -0.4 is 0 Å². The van der Waals surface area contributed by atoms with Crippen LogP contribution in [0.15, 0.2) is 0 Å². The van der Waals surface area contributed by atoms with Crippen molar-refractivity contribution >= 4 is 75.4 Å². The van der Waals surface area contributed by atoms with E-state index in [1.54, 1.807) is 0 Å². The molecule has 0 aliphatic rings. The summed E-state index contributed by atoms with van der Waals surface area (Å²) < 4.78 is 1.54. The molecule has 33 heavy (non-hydrogen) atoms. The van der Waals surface area contributed by atoms with Crippen LogP contribution in [0.4, 0.5) is 0 Å². The Morgan fingerprint density at radius 3 is 0.818 bits per heavy atom. The first kappa shape index (κ1) is 38.5. The molecule has 0 saturated heterocycles. The average molecular weight is 604 g/mol. The summed E-state index contributed by atoms with van der Waals surface area (Å²) in [5.41, 5.74) is 0. The van der Waals surface area contributed by atoms with Crippen LogP contribution in [0.2, 0.25) is 0 Å². The average Bonchev–Trinajstić information content (AvgIpc) is 2.77. The van der Waals surface area contributed by atoms with Gasteiger partial charge in [-0.3, -0.25) is 0 Å². The van der Waals surface area contributed by atoms with E-state index in [2.05, 4.69) is 62.8 Å². The minimum absolute atomic E-state index is 0. The molecule has 0 aliphatic carbocycles. The van der Waals surface area contributed by atoms with Crippen LogP contribution >= 0.6 is 49.7 Å². The van der Waals surface area contributed by atoms with Gasteiger partial charge in [0.15, 0.2) is 0 Å². The zero-order valence-corrected chi connectivity index (χ0v) is 27.8. The second-order valence-electron chi connectivity index (χ2n) is 8.78. The fourth-order valence-corrected chi connectivity index (χ4v) is 4.29. The molecule has 0 aromatic heterocycles. The van der Waals surface area contributed by atoms with E-state index in [1.807, 2.05) is 0 Å². The third-order valence-corrected chi connectivity index (χ3v) is 6.75. The fraction of sp³-hybridized carbons (Fsp3) is 0.923. The van der Waals surface area contributed by atoms with Crippen molar-refractivity contribution in [1.82, 2.24) is 9.80 Å². The maximum absolute atomic E-state index is 5.16. The van der Waals surface area contributed by atoms with Gasteiger partial charge in [-0.25, -0.2) is 0 Å². The van der Waals surface area contributed by atoms with Crippen molar-refractivity contribution in [1.29, 1.82) is 0 Å². The molecule has 0 fully saturated rings. The van der Waals surface area contributed by atoms with Crippen LogP contribution in [-0.4, -0.2) is 61.7 Å². The molecule has 0 radical (unpaired) electrons. The normalized spacial score (nSPS) is 10.1. The van der Waals surface area contributed by atoms with E-state index in [4.69, 9.17) is 24.4 Å². The first-order chi connectivity index (χ1) is 15.4. The van der Waals surface area contributed by atoms with E-state index in [0.29, 0.717) is 0 Å². The van der Waals surface area contributed by atoms with Gasteiger partial charge in [-0.2, -0.15) is 0 Å². The predicted octanol–water partition coefficient (Wildman–Crippen LogP) is 8.41. The van der Waals surface area contributed by atoms with E-state index in [1.165, 1.54) is 103 Å². The molecule has 200 valence electrons. The van der Waals surface area contributed by atoms with Gasteiger partial charge < -0.3 is 9.80 Å². The molecule has 0 bridgehead atoms. The maximum atomic E-state index is 5.16. The minimum atomic E-state index is 0. The van der Waals surface area contributed by atoms with Crippen LogP contribution in [0, 0.1) is 0 Å². The van der Waals surface area contributed by atoms with Gasteiger partial charge in [-0.1, -0.05) is 129 Å². The van der Waals surface area contributed by atoms with Crippen molar-refractivity contribution in [2.75, 3.05) is 26.2 Å². The van der Waals surface area contributed by atoms with Gasteiger partial charge in [-0.15, -0.1) is 25.3 Å². The van der Waals surface area contributed by atoms with Crippen molar-refractivity contribution in [3.8, 4) is 0 Å². The Balaban J connectivity index is -0.000000529. The molecule has 0 aromatic rings. The van der Waals surface area contributed by atoms with Crippen molar-refractivity contribution in [3.05, 3.63) is 0 Å². The van der Waals surface area contributed by atoms with Gasteiger partial charge in [0, 0.05) is 26.2 Å². The van der Waals surface area contributed by atoms with Crippen molar-refractivity contribution < 1.29 is 0 Å². The molecular weight excluding hydrogens is 548 g/mol. The third kappa shape index (κ3) is 29.1. The molecule has 0 heterocycles. The van der Waals surface area contributed by atoms with Gasteiger partial charge in [0.1, 0.15) is 8.64 Å². The number of hydrogen-bond donors (Lipinski definition) is 2. The number of thiocarbonyl (C=S) groups is 2. The molecule has 0 atom stereocenters. The molecule has 0 rings (SSSR count). The number of nitrogens with zero attached hydrogens (tertiary/aromatic N) is 2. The number of hydrogen-bond acceptors (Lipinski definition) is 2. The van der Waals surface area contributed by atoms with E-state index in [9.17, 15) is 0 Å². The topological polar surface area (TPSA) is 6.48 Å². The molecule has 0 aliphatic heterocycles. The molecule has 0 saturated carbocycles. The second-order valence-corrected chi connectivity index (χ2v) is 11.0. The van der Waals surface area contributed by atoms with Crippen molar-refractivity contribution in [2.45, 2.75) is 130 Å². The number of rotatable bonds is 20. The van der Waals surface area contributed by atoms with E-state index in [-0.39, 0.29) is 17.1 Å². The first-order valence-electron chi connectivity index (χ1n) is 13.4. The zero-order valence-electron chi connectivity index (χ0n) is 22.2. The van der Waals surface area contributed by atoms with Crippen LogP contribution in [0.1, 0.15) is 130 Å². The molecule has 2 nitrogen and oxygen atoms in total. The molecule has 0 spiro atoms. The summed E-state index contributed by atoms with van der Waals surface area (Å²) >= 11 is 18.9. The third-order valence-electron chi connectivity index (χ3n) is 5.67. The quantitative estimate of drug-likeness (QED) is 0.0624. The Morgan fingerprint density at radius 2 is 0.667 bits per heavy atom. The van der Waals surface area contributed by atoms with Gasteiger partial charge in [0.2, 0.25) is 0 Å². The predicted molar refractivity (Wildman–Crippen MR) is 171 cm³/mol. The summed E-state index contributed by atoms with van der Waals surface area (Å²) in [5, 5.41) is 0. The van der Waals surface area contributed by atoms with Crippen LogP contribution in [0.3, 0.4) is 0 Å². The molecule has 0 unspecified atom stereocenters.